The summed E-state index contributed by atoms with van der Waals surface area (Å²) in [6, 6.07) is 7.78. The third-order valence-electron chi connectivity index (χ3n) is 2.25. The second-order valence-electron chi connectivity index (χ2n) is 3.51. The highest BCUT2D eigenvalue weighted by Gasteiger charge is 2.13. The predicted molar refractivity (Wildman–Crippen MR) is 71.9 cm³/mol. The van der Waals surface area contributed by atoms with Crippen LogP contribution in [0.25, 0.3) is 0 Å². The minimum Gasteiger partial charge on any atom is -0.298 e. The maximum atomic E-state index is 10.8. The molecule has 0 N–H and O–H groups in total. The van der Waals surface area contributed by atoms with Gasteiger partial charge < -0.3 is 0 Å². The SMILES string of the molecule is O=Cc1cc(Sc2ccc(Cl)cn2)ccc1[N+](=O)[O-]. The van der Waals surface area contributed by atoms with Gasteiger partial charge in [0.05, 0.1) is 15.5 Å². The number of halogens is 1. The molecule has 0 bridgehead atoms. The van der Waals surface area contributed by atoms with Gasteiger partial charge in [-0.1, -0.05) is 23.4 Å². The normalized spacial score (nSPS) is 10.2. The summed E-state index contributed by atoms with van der Waals surface area (Å²) >= 11 is 7.02. The first-order valence-corrected chi connectivity index (χ1v) is 6.32. The van der Waals surface area contributed by atoms with Crippen molar-refractivity contribution in [1.82, 2.24) is 4.98 Å². The van der Waals surface area contributed by atoms with E-state index in [0.717, 1.165) is 0 Å². The van der Waals surface area contributed by atoms with Crippen molar-refractivity contribution >= 4 is 35.3 Å². The molecule has 2 rings (SSSR count). The van der Waals surface area contributed by atoms with Crippen molar-refractivity contribution in [2.75, 3.05) is 0 Å². The molecule has 0 saturated heterocycles. The van der Waals surface area contributed by atoms with Crippen molar-refractivity contribution < 1.29 is 9.72 Å². The molecule has 0 unspecified atom stereocenters. The summed E-state index contributed by atoms with van der Waals surface area (Å²) in [4.78, 5) is 25.7. The van der Waals surface area contributed by atoms with Crippen LogP contribution in [0, 0.1) is 10.1 Å². The molecular weight excluding hydrogens is 288 g/mol. The molecule has 5 nitrogen and oxygen atoms in total. The lowest BCUT2D eigenvalue weighted by molar-refractivity contribution is -0.385. The zero-order valence-electron chi connectivity index (χ0n) is 9.45. The Labute approximate surface area is 117 Å². The van der Waals surface area contributed by atoms with Crippen LogP contribution < -0.4 is 0 Å². The van der Waals surface area contributed by atoms with Crippen LogP contribution in [0.15, 0.2) is 46.5 Å². The molecule has 0 aliphatic carbocycles. The maximum Gasteiger partial charge on any atom is 0.279 e. The Bertz CT molecular complexity index is 631. The van der Waals surface area contributed by atoms with E-state index in [1.807, 2.05) is 0 Å². The topological polar surface area (TPSA) is 73.1 Å². The van der Waals surface area contributed by atoms with E-state index in [1.54, 1.807) is 18.2 Å². The lowest BCUT2D eigenvalue weighted by Gasteiger charge is -2.02. The van der Waals surface area contributed by atoms with Gasteiger partial charge in [0.15, 0.2) is 6.29 Å². The molecule has 0 spiro atoms. The van der Waals surface area contributed by atoms with E-state index in [4.69, 9.17) is 11.6 Å². The van der Waals surface area contributed by atoms with E-state index in [9.17, 15) is 14.9 Å². The van der Waals surface area contributed by atoms with Gasteiger partial charge in [-0.3, -0.25) is 14.9 Å². The second kappa shape index (κ2) is 5.81. The van der Waals surface area contributed by atoms with Crippen LogP contribution in [0.2, 0.25) is 5.02 Å². The third-order valence-corrected chi connectivity index (χ3v) is 3.41. The smallest absolute Gasteiger partial charge is 0.279 e. The number of hydrogen-bond acceptors (Lipinski definition) is 5. The van der Waals surface area contributed by atoms with Gasteiger partial charge in [0, 0.05) is 17.2 Å². The predicted octanol–water partition coefficient (Wildman–Crippen LogP) is 3.61. The Morgan fingerprint density at radius 1 is 1.32 bits per heavy atom. The van der Waals surface area contributed by atoms with Gasteiger partial charge in [0.2, 0.25) is 0 Å². The van der Waals surface area contributed by atoms with Gasteiger partial charge >= 0.3 is 0 Å². The van der Waals surface area contributed by atoms with Crippen molar-refractivity contribution in [1.29, 1.82) is 0 Å². The van der Waals surface area contributed by atoms with Crippen LogP contribution in [0.3, 0.4) is 0 Å². The number of rotatable bonds is 4. The number of pyridine rings is 1. The molecule has 0 aliphatic heterocycles. The molecule has 0 aliphatic rings. The standard InChI is InChI=1S/C12H7ClN2O3S/c13-9-1-4-12(14-6-9)19-10-2-3-11(15(17)18)8(5-10)7-16/h1-7H. The van der Waals surface area contributed by atoms with E-state index in [1.165, 1.54) is 30.1 Å². The van der Waals surface area contributed by atoms with Crippen molar-refractivity contribution in [2.24, 2.45) is 0 Å². The van der Waals surface area contributed by atoms with Gasteiger partial charge in [-0.05, 0) is 24.3 Å². The fourth-order valence-corrected chi connectivity index (χ4v) is 2.32. The highest BCUT2D eigenvalue weighted by molar-refractivity contribution is 7.99. The number of benzene rings is 1. The van der Waals surface area contributed by atoms with Crippen molar-refractivity contribution in [3.63, 3.8) is 0 Å². The summed E-state index contributed by atoms with van der Waals surface area (Å²) in [5, 5.41) is 11.9. The van der Waals surface area contributed by atoms with Gasteiger partial charge in [-0.25, -0.2) is 4.98 Å². The molecule has 0 fully saturated rings. The van der Waals surface area contributed by atoms with Gasteiger partial charge in [-0.15, -0.1) is 0 Å². The molecule has 0 amide bonds. The van der Waals surface area contributed by atoms with E-state index in [2.05, 4.69) is 4.98 Å². The largest absolute Gasteiger partial charge is 0.298 e. The lowest BCUT2D eigenvalue weighted by Crippen LogP contribution is -1.94. The highest BCUT2D eigenvalue weighted by Crippen LogP contribution is 2.29. The maximum absolute atomic E-state index is 10.8. The van der Waals surface area contributed by atoms with E-state index >= 15 is 0 Å². The first kappa shape index (κ1) is 13.5. The molecule has 2 aromatic rings. The molecule has 0 atom stereocenters. The van der Waals surface area contributed by atoms with Gasteiger partial charge in [-0.2, -0.15) is 0 Å². The minimum absolute atomic E-state index is 0.0453. The van der Waals surface area contributed by atoms with Gasteiger partial charge in [0.25, 0.3) is 5.69 Å². The Kier molecular flexibility index (Phi) is 4.13. The van der Waals surface area contributed by atoms with Crippen molar-refractivity contribution in [2.45, 2.75) is 9.92 Å². The van der Waals surface area contributed by atoms with Crippen molar-refractivity contribution in [3.05, 3.63) is 57.2 Å². The number of carbonyl (C=O) groups excluding carboxylic acids is 1. The molecular formula is C12H7ClN2O3S. The molecule has 1 aromatic carbocycles. The fraction of sp³-hybridized carbons (Fsp3) is 0. The fourth-order valence-electron chi connectivity index (χ4n) is 1.40. The number of nitrogens with zero attached hydrogens (tertiary/aromatic N) is 2. The van der Waals surface area contributed by atoms with Crippen LogP contribution in [0.5, 0.6) is 0 Å². The molecule has 19 heavy (non-hydrogen) atoms. The minimum atomic E-state index is -0.585. The van der Waals surface area contributed by atoms with E-state index < -0.39 is 4.92 Å². The summed E-state index contributed by atoms with van der Waals surface area (Å²) in [7, 11) is 0. The average Bonchev–Trinajstić information content (AvgIpc) is 2.41. The molecule has 96 valence electrons. The first-order chi connectivity index (χ1) is 9.10. The monoisotopic (exact) mass is 294 g/mol. The quantitative estimate of drug-likeness (QED) is 0.489. The number of nitro groups is 1. The lowest BCUT2D eigenvalue weighted by atomic mass is 10.2. The summed E-state index contributed by atoms with van der Waals surface area (Å²) < 4.78 is 0. The summed E-state index contributed by atoms with van der Waals surface area (Å²) in [6.07, 6.45) is 1.98. The zero-order valence-corrected chi connectivity index (χ0v) is 11.0. The summed E-state index contributed by atoms with van der Waals surface area (Å²) in [5.74, 6) is 0. The molecule has 0 radical (unpaired) electrons. The number of carbonyl (C=O) groups is 1. The Hall–Kier alpha value is -1.92. The Morgan fingerprint density at radius 2 is 2.11 bits per heavy atom. The van der Waals surface area contributed by atoms with Crippen LogP contribution >= 0.6 is 23.4 Å². The number of aldehydes is 1. The van der Waals surface area contributed by atoms with E-state index in [0.29, 0.717) is 21.2 Å². The van der Waals surface area contributed by atoms with Crippen LogP contribution in [0.1, 0.15) is 10.4 Å². The number of nitro benzene ring substituents is 1. The van der Waals surface area contributed by atoms with Crippen molar-refractivity contribution in [3.8, 4) is 0 Å². The summed E-state index contributed by atoms with van der Waals surface area (Å²) in [6.45, 7) is 0. The zero-order chi connectivity index (χ0) is 13.8. The summed E-state index contributed by atoms with van der Waals surface area (Å²) in [5.41, 5.74) is -0.160. The number of hydrogen-bond donors (Lipinski definition) is 0. The average molecular weight is 295 g/mol. The van der Waals surface area contributed by atoms with Crippen LogP contribution in [0.4, 0.5) is 5.69 Å². The Balaban J connectivity index is 2.29. The molecule has 7 heteroatoms. The second-order valence-corrected chi connectivity index (χ2v) is 5.04. The number of aromatic nitrogens is 1. The molecule has 1 aromatic heterocycles. The first-order valence-electron chi connectivity index (χ1n) is 5.13. The van der Waals surface area contributed by atoms with E-state index in [-0.39, 0.29) is 11.3 Å². The van der Waals surface area contributed by atoms with Crippen LogP contribution in [-0.2, 0) is 0 Å². The van der Waals surface area contributed by atoms with Gasteiger partial charge in [0.1, 0.15) is 5.03 Å². The third kappa shape index (κ3) is 3.30. The molecule has 0 saturated carbocycles. The van der Waals surface area contributed by atoms with Crippen LogP contribution in [-0.4, -0.2) is 16.2 Å². The molecule has 1 heterocycles. The highest BCUT2D eigenvalue weighted by atomic mass is 35.5. The Morgan fingerprint density at radius 3 is 2.68 bits per heavy atom.